The highest BCUT2D eigenvalue weighted by Crippen LogP contribution is 2.06. The zero-order valence-electron chi connectivity index (χ0n) is 7.46. The van der Waals surface area contributed by atoms with E-state index in [2.05, 4.69) is 22.8 Å². The minimum Gasteiger partial charge on any atom is -0.379 e. The summed E-state index contributed by atoms with van der Waals surface area (Å²) < 4.78 is 5.21. The largest absolute Gasteiger partial charge is 0.379 e. The number of nitrogens with one attached hydrogen (secondary N) is 1. The summed E-state index contributed by atoms with van der Waals surface area (Å²) in [6.07, 6.45) is 0. The Balaban J connectivity index is 1.90. The van der Waals surface area contributed by atoms with Crippen molar-refractivity contribution in [1.82, 2.24) is 5.32 Å². The topological polar surface area (TPSA) is 21.3 Å². The Morgan fingerprint density at radius 1 is 1.46 bits per heavy atom. The molecule has 1 N–H and O–H groups in total. The van der Waals surface area contributed by atoms with Gasteiger partial charge in [-0.05, 0) is 11.4 Å². The van der Waals surface area contributed by atoms with Gasteiger partial charge >= 0.3 is 0 Å². The van der Waals surface area contributed by atoms with E-state index in [4.69, 9.17) is 16.3 Å². The molecule has 0 spiro atoms. The zero-order valence-corrected chi connectivity index (χ0v) is 9.03. The van der Waals surface area contributed by atoms with Crippen LogP contribution in [0.3, 0.4) is 0 Å². The summed E-state index contributed by atoms with van der Waals surface area (Å²) in [5.41, 5.74) is 0. The molecule has 0 bridgehead atoms. The van der Waals surface area contributed by atoms with Crippen LogP contribution in [0.2, 0.25) is 0 Å². The van der Waals surface area contributed by atoms with E-state index in [9.17, 15) is 0 Å². The third-order valence-corrected chi connectivity index (χ3v) is 2.55. The number of rotatable bonds is 7. The third-order valence-electron chi connectivity index (χ3n) is 1.52. The van der Waals surface area contributed by atoms with Crippen molar-refractivity contribution in [1.29, 1.82) is 0 Å². The van der Waals surface area contributed by atoms with Crippen LogP contribution in [0.25, 0.3) is 0 Å². The lowest BCUT2D eigenvalue weighted by atomic mass is 10.4. The highest BCUT2D eigenvalue weighted by molar-refractivity contribution is 7.09. The minimum absolute atomic E-state index is 0.574. The van der Waals surface area contributed by atoms with Crippen molar-refractivity contribution in [3.05, 3.63) is 22.4 Å². The first-order valence-corrected chi connectivity index (χ1v) is 5.71. The molecule has 1 aromatic heterocycles. The monoisotopic (exact) mass is 219 g/mol. The number of hydrogen-bond acceptors (Lipinski definition) is 3. The molecule has 74 valence electrons. The second-order valence-corrected chi connectivity index (χ2v) is 3.97. The van der Waals surface area contributed by atoms with E-state index < -0.39 is 0 Å². The number of thiophene rings is 1. The van der Waals surface area contributed by atoms with Crippen LogP contribution in [0.4, 0.5) is 0 Å². The highest BCUT2D eigenvalue weighted by Gasteiger charge is 1.92. The van der Waals surface area contributed by atoms with Crippen molar-refractivity contribution in [3.63, 3.8) is 0 Å². The van der Waals surface area contributed by atoms with E-state index in [-0.39, 0.29) is 0 Å². The zero-order chi connectivity index (χ0) is 9.36. The fraction of sp³-hybridized carbons (Fsp3) is 0.556. The lowest BCUT2D eigenvalue weighted by Gasteiger charge is -2.03. The van der Waals surface area contributed by atoms with Crippen LogP contribution in [-0.4, -0.2) is 25.6 Å². The number of alkyl halides is 1. The number of hydrogen-bond donors (Lipinski definition) is 1. The first kappa shape index (κ1) is 11.0. The first-order chi connectivity index (χ1) is 6.43. The summed E-state index contributed by atoms with van der Waals surface area (Å²) in [6.45, 7) is 3.19. The predicted octanol–water partition coefficient (Wildman–Crippen LogP) is 2.09. The van der Waals surface area contributed by atoms with Gasteiger partial charge in [-0.25, -0.2) is 0 Å². The molecule has 0 atom stereocenters. The second kappa shape index (κ2) is 7.33. The van der Waals surface area contributed by atoms with Crippen LogP contribution >= 0.6 is 22.9 Å². The number of halogens is 1. The molecule has 0 aromatic carbocycles. The summed E-state index contributed by atoms with van der Waals surface area (Å²) in [6, 6.07) is 4.18. The van der Waals surface area contributed by atoms with Gasteiger partial charge in [0.2, 0.25) is 0 Å². The fourth-order valence-electron chi connectivity index (χ4n) is 0.926. The van der Waals surface area contributed by atoms with Crippen molar-refractivity contribution >= 4 is 22.9 Å². The van der Waals surface area contributed by atoms with Gasteiger partial charge < -0.3 is 10.1 Å². The quantitative estimate of drug-likeness (QED) is 0.560. The van der Waals surface area contributed by atoms with Crippen LogP contribution < -0.4 is 5.32 Å². The maximum absolute atomic E-state index is 5.45. The van der Waals surface area contributed by atoms with E-state index >= 15 is 0 Å². The molecule has 1 rings (SSSR count). The maximum atomic E-state index is 5.45. The summed E-state index contributed by atoms with van der Waals surface area (Å²) in [5.74, 6) is 0.574. The van der Waals surface area contributed by atoms with Crippen LogP contribution in [0.15, 0.2) is 17.5 Å². The van der Waals surface area contributed by atoms with E-state index in [0.29, 0.717) is 12.5 Å². The lowest BCUT2D eigenvalue weighted by molar-refractivity contribution is 0.151. The van der Waals surface area contributed by atoms with Crippen LogP contribution in [-0.2, 0) is 11.3 Å². The van der Waals surface area contributed by atoms with Gasteiger partial charge in [0.25, 0.3) is 0 Å². The summed E-state index contributed by atoms with van der Waals surface area (Å²) in [5, 5.41) is 5.37. The Morgan fingerprint density at radius 2 is 2.38 bits per heavy atom. The van der Waals surface area contributed by atoms with Gasteiger partial charge in [0.05, 0.1) is 13.2 Å². The predicted molar refractivity (Wildman–Crippen MR) is 57.6 cm³/mol. The van der Waals surface area contributed by atoms with E-state index in [1.165, 1.54) is 4.88 Å². The van der Waals surface area contributed by atoms with Crippen molar-refractivity contribution in [2.75, 3.05) is 25.6 Å². The Bertz CT molecular complexity index is 203. The van der Waals surface area contributed by atoms with Crippen molar-refractivity contribution < 1.29 is 4.74 Å². The molecule has 0 aliphatic carbocycles. The molecule has 0 aliphatic heterocycles. The molecular formula is C9H14ClNOS. The SMILES string of the molecule is ClCCOCCNCc1cccs1. The third kappa shape index (κ3) is 5.26. The van der Waals surface area contributed by atoms with Gasteiger partial charge in [0, 0.05) is 23.8 Å². The summed E-state index contributed by atoms with van der Waals surface area (Å²) in [4.78, 5) is 1.36. The van der Waals surface area contributed by atoms with Crippen molar-refractivity contribution in [3.8, 4) is 0 Å². The summed E-state index contributed by atoms with van der Waals surface area (Å²) >= 11 is 7.22. The molecule has 0 radical (unpaired) electrons. The Kier molecular flexibility index (Phi) is 6.19. The Hall–Kier alpha value is -0.0900. The second-order valence-electron chi connectivity index (χ2n) is 2.56. The van der Waals surface area contributed by atoms with Crippen molar-refractivity contribution in [2.24, 2.45) is 0 Å². The van der Waals surface area contributed by atoms with Crippen molar-refractivity contribution in [2.45, 2.75) is 6.54 Å². The molecule has 1 aromatic rings. The molecule has 0 aliphatic rings. The first-order valence-electron chi connectivity index (χ1n) is 4.30. The normalized spacial score (nSPS) is 10.5. The Morgan fingerprint density at radius 3 is 3.08 bits per heavy atom. The average molecular weight is 220 g/mol. The molecular weight excluding hydrogens is 206 g/mol. The highest BCUT2D eigenvalue weighted by atomic mass is 35.5. The van der Waals surface area contributed by atoms with Gasteiger partial charge in [-0.1, -0.05) is 6.07 Å². The maximum Gasteiger partial charge on any atom is 0.0602 e. The molecule has 13 heavy (non-hydrogen) atoms. The average Bonchev–Trinajstić information content (AvgIpc) is 2.63. The standard InChI is InChI=1S/C9H14ClNOS/c10-3-5-12-6-4-11-8-9-2-1-7-13-9/h1-2,7,11H,3-6,8H2. The molecule has 2 nitrogen and oxygen atoms in total. The minimum atomic E-state index is 0.574. The fourth-order valence-corrected chi connectivity index (χ4v) is 1.71. The lowest BCUT2D eigenvalue weighted by Crippen LogP contribution is -2.19. The molecule has 0 unspecified atom stereocenters. The molecule has 4 heteroatoms. The summed E-state index contributed by atoms with van der Waals surface area (Å²) in [7, 11) is 0. The molecule has 0 amide bonds. The molecule has 1 heterocycles. The number of ether oxygens (including phenoxy) is 1. The van der Waals surface area contributed by atoms with Crippen LogP contribution in [0.1, 0.15) is 4.88 Å². The van der Waals surface area contributed by atoms with E-state index in [0.717, 1.165) is 19.7 Å². The van der Waals surface area contributed by atoms with E-state index in [1.54, 1.807) is 11.3 Å². The van der Waals surface area contributed by atoms with Gasteiger partial charge in [-0.2, -0.15) is 0 Å². The Labute approximate surface area is 87.9 Å². The van der Waals surface area contributed by atoms with Crippen LogP contribution in [0.5, 0.6) is 0 Å². The molecule has 0 saturated carbocycles. The van der Waals surface area contributed by atoms with E-state index in [1.807, 2.05) is 0 Å². The van der Waals surface area contributed by atoms with Crippen LogP contribution in [0, 0.1) is 0 Å². The molecule has 0 saturated heterocycles. The van der Waals surface area contributed by atoms with Gasteiger partial charge in [-0.15, -0.1) is 22.9 Å². The molecule has 0 fully saturated rings. The van der Waals surface area contributed by atoms with Gasteiger partial charge in [-0.3, -0.25) is 0 Å². The van der Waals surface area contributed by atoms with Gasteiger partial charge in [0.15, 0.2) is 0 Å². The van der Waals surface area contributed by atoms with Gasteiger partial charge in [0.1, 0.15) is 0 Å². The smallest absolute Gasteiger partial charge is 0.0602 e.